The Morgan fingerprint density at radius 2 is 2.17 bits per heavy atom. The number of nitrogens with two attached hydrogens (primary N) is 1. The zero-order valence-corrected chi connectivity index (χ0v) is 20.6. The number of fused-ring (bicyclic) bond motifs is 1. The molecule has 9 nitrogen and oxygen atoms in total. The molecule has 1 aliphatic rings. The molecule has 0 bridgehead atoms. The maximum Gasteiger partial charge on any atom is 0.407 e. The van der Waals surface area contributed by atoms with Gasteiger partial charge in [-0.05, 0) is 55.7 Å². The van der Waals surface area contributed by atoms with Gasteiger partial charge in [-0.3, -0.25) is 4.79 Å². The van der Waals surface area contributed by atoms with Crippen molar-refractivity contribution in [1.82, 2.24) is 15.3 Å². The first-order chi connectivity index (χ1) is 17.0. The van der Waals surface area contributed by atoms with Crippen LogP contribution in [0.3, 0.4) is 0 Å². The van der Waals surface area contributed by atoms with Crippen molar-refractivity contribution in [3.8, 4) is 5.75 Å². The minimum Gasteiger partial charge on any atom is -0.494 e. The molecule has 1 atom stereocenters. The average Bonchev–Trinajstić information content (AvgIpc) is 3.49. The summed E-state index contributed by atoms with van der Waals surface area (Å²) in [5, 5.41) is 6.38. The maximum absolute atomic E-state index is 12.6. The van der Waals surface area contributed by atoms with Crippen LogP contribution in [-0.4, -0.2) is 35.2 Å². The van der Waals surface area contributed by atoms with Gasteiger partial charge in [0, 0.05) is 23.7 Å². The van der Waals surface area contributed by atoms with Gasteiger partial charge in [0.1, 0.15) is 16.6 Å². The van der Waals surface area contributed by atoms with E-state index in [0.717, 1.165) is 41.0 Å². The molecule has 2 heterocycles. The molecular weight excluding hydrogens is 466 g/mol. The summed E-state index contributed by atoms with van der Waals surface area (Å²) in [6, 6.07) is 7.78. The lowest BCUT2D eigenvalue weighted by Crippen LogP contribution is -2.28. The van der Waals surface area contributed by atoms with Crippen LogP contribution in [0.1, 0.15) is 41.6 Å². The number of amides is 2. The number of carbonyl (C=O) groups excluding carboxylic acids is 2. The lowest BCUT2D eigenvalue weighted by atomic mass is 9.89. The summed E-state index contributed by atoms with van der Waals surface area (Å²) in [6.07, 6.45) is 6.26. The van der Waals surface area contributed by atoms with Crippen molar-refractivity contribution in [3.63, 3.8) is 0 Å². The van der Waals surface area contributed by atoms with E-state index in [2.05, 4.69) is 20.6 Å². The number of nitrogen functional groups attached to an aromatic ring is 1. The van der Waals surface area contributed by atoms with Crippen LogP contribution in [-0.2, 0) is 35.3 Å². The van der Waals surface area contributed by atoms with Crippen molar-refractivity contribution in [1.29, 1.82) is 0 Å². The number of aromatic nitrogens is 2. The Morgan fingerprint density at radius 3 is 2.97 bits per heavy atom. The molecule has 1 aromatic carbocycles. The lowest BCUT2D eigenvalue weighted by Gasteiger charge is -2.22. The molecule has 0 aliphatic heterocycles. The van der Waals surface area contributed by atoms with E-state index in [9.17, 15) is 9.59 Å². The van der Waals surface area contributed by atoms with Crippen molar-refractivity contribution < 1.29 is 19.1 Å². The second-order valence-electron chi connectivity index (χ2n) is 8.43. The third-order valence-corrected chi connectivity index (χ3v) is 7.15. The van der Waals surface area contributed by atoms with Crippen LogP contribution in [0.2, 0.25) is 0 Å². The molecule has 2 amide bonds. The van der Waals surface area contributed by atoms with Gasteiger partial charge >= 0.3 is 6.09 Å². The van der Waals surface area contributed by atoms with Crippen molar-refractivity contribution in [2.24, 2.45) is 5.92 Å². The van der Waals surface area contributed by atoms with Gasteiger partial charge < -0.3 is 30.8 Å². The number of anilines is 2. The third kappa shape index (κ3) is 6.54. The number of aromatic amines is 1. The standard InChI is InChI=1S/C25H31N5O4S/c1-2-33-19-6-4-3-5-17(19)8-10-22(31)30-24-23(26)18-9-7-16(13-20(18)35-24)15-34-25(32)29-14-21-27-11-12-28-21/h3-6,11-12,16H,2,7-10,13-15,26H2,1H3,(H,27,28)(H,29,32)(H,30,31). The molecule has 35 heavy (non-hydrogen) atoms. The molecule has 186 valence electrons. The number of thiophene rings is 1. The zero-order chi connectivity index (χ0) is 24.6. The van der Waals surface area contributed by atoms with Crippen LogP contribution in [0.5, 0.6) is 5.75 Å². The topological polar surface area (TPSA) is 131 Å². The van der Waals surface area contributed by atoms with Gasteiger partial charge in [-0.1, -0.05) is 18.2 Å². The van der Waals surface area contributed by atoms with E-state index in [1.54, 1.807) is 12.4 Å². The van der Waals surface area contributed by atoms with Crippen LogP contribution in [0.15, 0.2) is 36.7 Å². The van der Waals surface area contributed by atoms with E-state index < -0.39 is 6.09 Å². The first kappa shape index (κ1) is 24.6. The number of hydrogen-bond acceptors (Lipinski definition) is 7. The lowest BCUT2D eigenvalue weighted by molar-refractivity contribution is -0.116. The fourth-order valence-electron chi connectivity index (χ4n) is 4.15. The Labute approximate surface area is 208 Å². The molecule has 4 rings (SSSR count). The van der Waals surface area contributed by atoms with Crippen LogP contribution in [0.4, 0.5) is 15.5 Å². The summed E-state index contributed by atoms with van der Waals surface area (Å²) >= 11 is 1.52. The van der Waals surface area contributed by atoms with E-state index in [-0.39, 0.29) is 11.8 Å². The first-order valence-electron chi connectivity index (χ1n) is 11.8. The smallest absolute Gasteiger partial charge is 0.407 e. The molecule has 10 heteroatoms. The minimum absolute atomic E-state index is 0.0743. The van der Waals surface area contributed by atoms with Gasteiger partial charge in [-0.15, -0.1) is 11.3 Å². The molecule has 2 aromatic heterocycles. The summed E-state index contributed by atoms with van der Waals surface area (Å²) in [6.45, 7) is 3.16. The number of para-hydroxylation sites is 1. The number of imidazole rings is 1. The molecular formula is C25H31N5O4S. The van der Waals surface area contributed by atoms with E-state index in [1.165, 1.54) is 11.3 Å². The number of benzene rings is 1. The fraction of sp³-hybridized carbons (Fsp3) is 0.400. The van der Waals surface area contributed by atoms with Gasteiger partial charge in [-0.25, -0.2) is 9.78 Å². The molecule has 1 aliphatic carbocycles. The highest BCUT2D eigenvalue weighted by Crippen LogP contribution is 2.41. The summed E-state index contributed by atoms with van der Waals surface area (Å²) in [5.74, 6) is 1.63. The van der Waals surface area contributed by atoms with Crippen molar-refractivity contribution in [3.05, 3.63) is 58.5 Å². The Hall–Kier alpha value is -3.53. The molecule has 0 fully saturated rings. The van der Waals surface area contributed by atoms with Crippen LogP contribution in [0.25, 0.3) is 0 Å². The Balaban J connectivity index is 1.26. The molecule has 0 saturated heterocycles. The number of rotatable bonds is 10. The Morgan fingerprint density at radius 1 is 1.31 bits per heavy atom. The van der Waals surface area contributed by atoms with Crippen LogP contribution >= 0.6 is 11.3 Å². The van der Waals surface area contributed by atoms with Gasteiger partial charge in [0.25, 0.3) is 0 Å². The van der Waals surface area contributed by atoms with E-state index in [4.69, 9.17) is 15.2 Å². The van der Waals surface area contributed by atoms with Crippen LogP contribution < -0.4 is 21.1 Å². The number of H-pyrrole nitrogens is 1. The van der Waals surface area contributed by atoms with Gasteiger partial charge in [-0.2, -0.15) is 0 Å². The quantitative estimate of drug-likeness (QED) is 0.334. The number of ether oxygens (including phenoxy) is 2. The van der Waals surface area contributed by atoms with Gasteiger partial charge in [0.15, 0.2) is 0 Å². The van der Waals surface area contributed by atoms with Gasteiger partial charge in [0.05, 0.1) is 25.4 Å². The fourth-order valence-corrected chi connectivity index (χ4v) is 5.45. The number of nitrogens with one attached hydrogen (secondary N) is 3. The Kier molecular flexibility index (Phi) is 8.25. The Bertz CT molecular complexity index is 1140. The van der Waals surface area contributed by atoms with E-state index in [0.29, 0.717) is 49.1 Å². The number of hydrogen-bond donors (Lipinski definition) is 4. The molecule has 0 saturated carbocycles. The minimum atomic E-state index is -0.461. The zero-order valence-electron chi connectivity index (χ0n) is 19.8. The maximum atomic E-state index is 12.6. The predicted octanol–water partition coefficient (Wildman–Crippen LogP) is 4.05. The third-order valence-electron chi connectivity index (χ3n) is 5.96. The molecule has 1 unspecified atom stereocenters. The van der Waals surface area contributed by atoms with E-state index >= 15 is 0 Å². The highest BCUT2D eigenvalue weighted by molar-refractivity contribution is 7.17. The summed E-state index contributed by atoms with van der Waals surface area (Å²) in [5.41, 5.74) is 9.14. The monoisotopic (exact) mass is 497 g/mol. The number of carbonyl (C=O) groups is 2. The predicted molar refractivity (Wildman–Crippen MR) is 136 cm³/mol. The molecule has 0 spiro atoms. The molecule has 0 radical (unpaired) electrons. The molecule has 5 N–H and O–H groups in total. The van der Waals surface area contributed by atoms with Gasteiger partial charge in [0.2, 0.25) is 5.91 Å². The number of alkyl carbamates (subject to hydrolysis) is 1. The number of nitrogens with zero attached hydrogens (tertiary/aromatic N) is 1. The van der Waals surface area contributed by atoms with Crippen molar-refractivity contribution in [2.75, 3.05) is 24.3 Å². The first-order valence-corrected chi connectivity index (χ1v) is 12.6. The highest BCUT2D eigenvalue weighted by Gasteiger charge is 2.26. The SMILES string of the molecule is CCOc1ccccc1CCC(=O)Nc1sc2c(c1N)CCC(COC(=O)NCc1ncc[nH]1)C2. The summed E-state index contributed by atoms with van der Waals surface area (Å²) in [7, 11) is 0. The normalized spacial score (nSPS) is 14.7. The second kappa shape index (κ2) is 11.7. The average molecular weight is 498 g/mol. The summed E-state index contributed by atoms with van der Waals surface area (Å²) < 4.78 is 11.0. The van der Waals surface area contributed by atoms with Crippen LogP contribution in [0, 0.1) is 5.92 Å². The van der Waals surface area contributed by atoms with Crippen molar-refractivity contribution in [2.45, 2.75) is 45.6 Å². The summed E-state index contributed by atoms with van der Waals surface area (Å²) in [4.78, 5) is 32.8. The van der Waals surface area contributed by atoms with Crippen molar-refractivity contribution >= 4 is 34.0 Å². The number of aryl methyl sites for hydroxylation is 1. The molecule has 3 aromatic rings. The van der Waals surface area contributed by atoms with E-state index in [1.807, 2.05) is 31.2 Å². The largest absolute Gasteiger partial charge is 0.494 e. The highest BCUT2D eigenvalue weighted by atomic mass is 32.1. The second-order valence-corrected chi connectivity index (χ2v) is 9.54.